The maximum atomic E-state index is 11.0. The molecule has 2 N–H and O–H groups in total. The lowest BCUT2D eigenvalue weighted by Gasteiger charge is -2.41. The summed E-state index contributed by atoms with van der Waals surface area (Å²) in [5.74, 6) is -0.294. The fourth-order valence-corrected chi connectivity index (χ4v) is 2.42. The van der Waals surface area contributed by atoms with Crippen molar-refractivity contribution < 1.29 is 9.59 Å². The van der Waals surface area contributed by atoms with Crippen molar-refractivity contribution in [3.8, 4) is 0 Å². The van der Waals surface area contributed by atoms with Crippen molar-refractivity contribution in [2.24, 2.45) is 11.7 Å². The van der Waals surface area contributed by atoms with E-state index in [-0.39, 0.29) is 17.9 Å². The first kappa shape index (κ1) is 12.9. The number of nitrogens with zero attached hydrogens (tertiary/aromatic N) is 1. The van der Waals surface area contributed by atoms with Gasteiger partial charge in [-0.1, -0.05) is 11.6 Å². The second-order valence-electron chi connectivity index (χ2n) is 4.66. The van der Waals surface area contributed by atoms with E-state index in [1.165, 1.54) is 0 Å². The van der Waals surface area contributed by atoms with E-state index in [9.17, 15) is 9.59 Å². The summed E-state index contributed by atoms with van der Waals surface area (Å²) in [6.45, 7) is 0. The van der Waals surface area contributed by atoms with Gasteiger partial charge in [-0.2, -0.15) is 0 Å². The molecular weight excluding hydrogens is 252 g/mol. The van der Waals surface area contributed by atoms with Crippen LogP contribution >= 0.6 is 11.6 Å². The highest BCUT2D eigenvalue weighted by molar-refractivity contribution is 6.31. The summed E-state index contributed by atoms with van der Waals surface area (Å²) in [6, 6.07) is 5.39. The molecule has 1 amide bonds. The summed E-state index contributed by atoms with van der Waals surface area (Å²) < 4.78 is 0. The predicted molar refractivity (Wildman–Crippen MR) is 70.9 cm³/mol. The first-order valence-corrected chi connectivity index (χ1v) is 6.17. The van der Waals surface area contributed by atoms with E-state index in [1.807, 2.05) is 11.9 Å². The van der Waals surface area contributed by atoms with Gasteiger partial charge in [0.1, 0.15) is 0 Å². The van der Waals surface area contributed by atoms with Crippen LogP contribution in [0.1, 0.15) is 23.2 Å². The molecule has 1 fully saturated rings. The monoisotopic (exact) mass is 266 g/mol. The zero-order valence-electron chi connectivity index (χ0n) is 10.1. The molecule has 0 heterocycles. The van der Waals surface area contributed by atoms with Gasteiger partial charge in [-0.05, 0) is 31.0 Å². The molecule has 96 valence electrons. The van der Waals surface area contributed by atoms with Crippen LogP contribution in [-0.4, -0.2) is 25.3 Å². The lowest BCUT2D eigenvalue weighted by atomic mass is 9.79. The van der Waals surface area contributed by atoms with Gasteiger partial charge in [-0.15, -0.1) is 0 Å². The molecule has 0 bridgehead atoms. The highest BCUT2D eigenvalue weighted by Gasteiger charge is 2.36. The van der Waals surface area contributed by atoms with E-state index in [0.29, 0.717) is 10.6 Å². The Hall–Kier alpha value is -1.55. The topological polar surface area (TPSA) is 63.4 Å². The number of carbonyl (C=O) groups excluding carboxylic acids is 2. The third kappa shape index (κ3) is 2.34. The van der Waals surface area contributed by atoms with E-state index >= 15 is 0 Å². The number of hydrogen-bond donors (Lipinski definition) is 1. The molecular formula is C13H15ClN2O2. The molecule has 1 aliphatic rings. The second kappa shape index (κ2) is 4.98. The number of carbonyl (C=O) groups is 2. The van der Waals surface area contributed by atoms with Crippen LogP contribution in [0.15, 0.2) is 18.2 Å². The second-order valence-corrected chi connectivity index (χ2v) is 5.09. The van der Waals surface area contributed by atoms with Gasteiger partial charge in [0.2, 0.25) is 5.91 Å². The van der Waals surface area contributed by atoms with Gasteiger partial charge in [0.05, 0.1) is 0 Å². The Balaban J connectivity index is 2.15. The highest BCUT2D eigenvalue weighted by atomic mass is 35.5. The summed E-state index contributed by atoms with van der Waals surface area (Å²) in [5.41, 5.74) is 6.64. The average Bonchev–Trinajstić information content (AvgIpc) is 2.26. The Labute approximate surface area is 111 Å². The first-order chi connectivity index (χ1) is 8.52. The highest BCUT2D eigenvalue weighted by Crippen LogP contribution is 2.35. The Morgan fingerprint density at radius 2 is 2.17 bits per heavy atom. The van der Waals surface area contributed by atoms with Gasteiger partial charge in [0, 0.05) is 35.3 Å². The molecule has 0 aliphatic heterocycles. The summed E-state index contributed by atoms with van der Waals surface area (Å²) in [7, 11) is 1.90. The number of nitrogens with two attached hydrogens (primary N) is 1. The lowest BCUT2D eigenvalue weighted by Crippen LogP contribution is -2.47. The number of anilines is 1. The van der Waals surface area contributed by atoms with Crippen LogP contribution in [0.4, 0.5) is 5.69 Å². The Kier molecular flexibility index (Phi) is 3.57. The Morgan fingerprint density at radius 1 is 1.50 bits per heavy atom. The molecule has 2 rings (SSSR count). The van der Waals surface area contributed by atoms with Crippen LogP contribution in [-0.2, 0) is 4.79 Å². The molecule has 0 aromatic heterocycles. The minimum Gasteiger partial charge on any atom is -0.371 e. The number of hydrogen-bond acceptors (Lipinski definition) is 3. The van der Waals surface area contributed by atoms with Crippen molar-refractivity contribution in [1.82, 2.24) is 0 Å². The summed E-state index contributed by atoms with van der Waals surface area (Å²) in [4.78, 5) is 24.0. The van der Waals surface area contributed by atoms with Crippen molar-refractivity contribution in [2.45, 2.75) is 18.9 Å². The van der Waals surface area contributed by atoms with Gasteiger partial charge in [-0.25, -0.2) is 0 Å². The molecule has 1 aromatic rings. The normalized spacial score (nSPS) is 22.1. The number of rotatable bonds is 4. The maximum absolute atomic E-state index is 11.0. The van der Waals surface area contributed by atoms with E-state index in [1.54, 1.807) is 18.2 Å². The quantitative estimate of drug-likeness (QED) is 0.846. The van der Waals surface area contributed by atoms with E-state index < -0.39 is 0 Å². The van der Waals surface area contributed by atoms with Crippen LogP contribution in [0.25, 0.3) is 0 Å². The Bertz CT molecular complexity index is 484. The molecule has 1 aliphatic carbocycles. The standard InChI is InChI=1S/C13H15ClN2O2/c1-16(11-4-9(5-11)13(15)18)12-6-10(14)3-2-8(12)7-17/h2-3,6-7,9,11H,4-5H2,1H3,(H2,15,18). The van der Waals surface area contributed by atoms with E-state index in [0.717, 1.165) is 24.8 Å². The van der Waals surface area contributed by atoms with E-state index in [2.05, 4.69) is 0 Å². The van der Waals surface area contributed by atoms with Gasteiger partial charge >= 0.3 is 0 Å². The molecule has 0 unspecified atom stereocenters. The van der Waals surface area contributed by atoms with Crippen LogP contribution in [0.3, 0.4) is 0 Å². The van der Waals surface area contributed by atoms with E-state index in [4.69, 9.17) is 17.3 Å². The zero-order chi connectivity index (χ0) is 13.3. The molecule has 0 radical (unpaired) electrons. The van der Waals surface area contributed by atoms with Crippen molar-refractivity contribution in [3.63, 3.8) is 0 Å². The average molecular weight is 267 g/mol. The van der Waals surface area contributed by atoms with Gasteiger partial charge < -0.3 is 10.6 Å². The van der Waals surface area contributed by atoms with Crippen molar-refractivity contribution in [1.29, 1.82) is 0 Å². The predicted octanol–water partition coefficient (Wildman–Crippen LogP) is 1.85. The van der Waals surface area contributed by atoms with Crippen LogP contribution in [0.5, 0.6) is 0 Å². The van der Waals surface area contributed by atoms with Crippen LogP contribution in [0.2, 0.25) is 5.02 Å². The molecule has 0 spiro atoms. The number of primary amides is 1. The van der Waals surface area contributed by atoms with Crippen LogP contribution in [0, 0.1) is 5.92 Å². The molecule has 1 saturated carbocycles. The van der Waals surface area contributed by atoms with Crippen molar-refractivity contribution in [2.75, 3.05) is 11.9 Å². The number of halogens is 1. The third-order valence-electron chi connectivity index (χ3n) is 3.56. The minimum absolute atomic E-state index is 0.0451. The fraction of sp³-hybridized carbons (Fsp3) is 0.385. The minimum atomic E-state index is -0.249. The molecule has 18 heavy (non-hydrogen) atoms. The van der Waals surface area contributed by atoms with Gasteiger partial charge in [0.15, 0.2) is 6.29 Å². The van der Waals surface area contributed by atoms with Gasteiger partial charge in [0.25, 0.3) is 0 Å². The number of benzene rings is 1. The Morgan fingerprint density at radius 3 is 2.72 bits per heavy atom. The SMILES string of the molecule is CN(c1cc(Cl)ccc1C=O)C1CC(C(N)=O)C1. The summed E-state index contributed by atoms with van der Waals surface area (Å²) >= 11 is 5.95. The smallest absolute Gasteiger partial charge is 0.220 e. The third-order valence-corrected chi connectivity index (χ3v) is 3.80. The summed E-state index contributed by atoms with van der Waals surface area (Å²) in [5, 5.41) is 0.591. The number of aldehydes is 1. The maximum Gasteiger partial charge on any atom is 0.220 e. The largest absolute Gasteiger partial charge is 0.371 e. The van der Waals surface area contributed by atoms with Crippen molar-refractivity contribution in [3.05, 3.63) is 28.8 Å². The van der Waals surface area contributed by atoms with Crippen LogP contribution < -0.4 is 10.6 Å². The number of amides is 1. The molecule has 0 saturated heterocycles. The zero-order valence-corrected chi connectivity index (χ0v) is 10.9. The molecule has 5 heteroatoms. The summed E-state index contributed by atoms with van der Waals surface area (Å²) in [6.07, 6.45) is 2.28. The molecule has 4 nitrogen and oxygen atoms in total. The van der Waals surface area contributed by atoms with Gasteiger partial charge in [-0.3, -0.25) is 9.59 Å². The van der Waals surface area contributed by atoms with Crippen molar-refractivity contribution >= 4 is 29.5 Å². The first-order valence-electron chi connectivity index (χ1n) is 5.79. The fourth-order valence-electron chi connectivity index (χ4n) is 2.25. The molecule has 1 aromatic carbocycles. The lowest BCUT2D eigenvalue weighted by molar-refractivity contribution is -0.124. The molecule has 0 atom stereocenters.